The van der Waals surface area contributed by atoms with Gasteiger partial charge in [0.2, 0.25) is 0 Å². The summed E-state index contributed by atoms with van der Waals surface area (Å²) < 4.78 is 45.7. The third-order valence-corrected chi connectivity index (χ3v) is 14.8. The molecular weight excluding hydrogens is 362 g/mol. The highest BCUT2D eigenvalue weighted by atomic mass is 28.4. The number of halogens is 2. The maximum atomic E-state index is 14.4. The minimum absolute atomic E-state index is 0.0584. The molecule has 0 radical (unpaired) electrons. The first-order valence-corrected chi connectivity index (χ1v) is 14.6. The quantitative estimate of drug-likeness (QED) is 0.487. The van der Waals surface area contributed by atoms with Crippen LogP contribution in [-0.2, 0) is 18.4 Å². The van der Waals surface area contributed by atoms with Gasteiger partial charge in [0.15, 0.2) is 28.8 Å². The van der Waals surface area contributed by atoms with Crippen LogP contribution in [0.1, 0.15) is 41.5 Å². The Morgan fingerprint density at radius 1 is 1.00 bits per heavy atom. The SMILES string of the molecule is CC(C)(C)[Si](C)(C)OC[C@H]1OC(=O)C(F)(F)C1O[Si](C)(C)C(C)(C)C. The molecule has 0 bridgehead atoms. The van der Waals surface area contributed by atoms with E-state index >= 15 is 0 Å². The average Bonchev–Trinajstić information content (AvgIpc) is 2.57. The largest absolute Gasteiger partial charge is 0.452 e. The highest BCUT2D eigenvalue weighted by Crippen LogP contribution is 2.43. The van der Waals surface area contributed by atoms with Gasteiger partial charge in [-0.1, -0.05) is 41.5 Å². The van der Waals surface area contributed by atoms with Crippen molar-refractivity contribution >= 4 is 22.6 Å². The minimum Gasteiger partial charge on any atom is -0.452 e. The second-order valence-corrected chi connectivity index (χ2v) is 19.5. The fourth-order valence-corrected chi connectivity index (χ4v) is 4.20. The van der Waals surface area contributed by atoms with Crippen molar-refractivity contribution in [2.45, 2.75) is 95.9 Å². The molecule has 1 fully saturated rings. The molecule has 0 spiro atoms. The van der Waals surface area contributed by atoms with E-state index in [2.05, 4.69) is 20.8 Å². The van der Waals surface area contributed by atoms with Crippen LogP contribution in [0, 0.1) is 0 Å². The van der Waals surface area contributed by atoms with Crippen LogP contribution < -0.4 is 0 Å². The molecule has 0 aliphatic carbocycles. The second kappa shape index (κ2) is 6.69. The zero-order valence-electron chi connectivity index (χ0n) is 17.3. The van der Waals surface area contributed by atoms with E-state index in [1.165, 1.54) is 0 Å². The van der Waals surface area contributed by atoms with E-state index in [-0.39, 0.29) is 16.7 Å². The Labute approximate surface area is 152 Å². The standard InChI is InChI=1S/C17H34F2O4Si2/c1-15(2,3)24(7,8)21-11-12-13(17(18,19)14(20)22-12)23-25(9,10)16(4,5)6/h12-13H,11H2,1-10H3/t12-,13?/m1/s1. The van der Waals surface area contributed by atoms with Crippen molar-refractivity contribution in [3.8, 4) is 0 Å². The molecule has 8 heteroatoms. The van der Waals surface area contributed by atoms with Crippen LogP contribution in [0.5, 0.6) is 0 Å². The normalized spacial score (nSPS) is 25.2. The van der Waals surface area contributed by atoms with Gasteiger partial charge >= 0.3 is 11.9 Å². The van der Waals surface area contributed by atoms with E-state index in [1.54, 1.807) is 0 Å². The van der Waals surface area contributed by atoms with Gasteiger partial charge < -0.3 is 13.6 Å². The first-order valence-electron chi connectivity index (χ1n) is 8.73. The molecule has 1 saturated heterocycles. The fraction of sp³-hybridized carbons (Fsp3) is 0.941. The molecular formula is C17H34F2O4Si2. The summed E-state index contributed by atoms with van der Waals surface area (Å²) in [6.45, 7) is 19.9. The number of cyclic esters (lactones) is 1. The molecule has 1 unspecified atom stereocenters. The molecule has 1 rings (SSSR count). The van der Waals surface area contributed by atoms with Gasteiger partial charge in [-0.25, -0.2) is 4.79 Å². The molecule has 0 aromatic heterocycles. The third kappa shape index (κ3) is 4.70. The molecule has 4 nitrogen and oxygen atoms in total. The van der Waals surface area contributed by atoms with Crippen molar-refractivity contribution in [3.05, 3.63) is 0 Å². The molecule has 2 atom stereocenters. The summed E-state index contributed by atoms with van der Waals surface area (Å²) in [4.78, 5) is 11.7. The highest BCUT2D eigenvalue weighted by molar-refractivity contribution is 6.74. The zero-order chi connectivity index (χ0) is 20.1. The van der Waals surface area contributed by atoms with E-state index in [4.69, 9.17) is 13.6 Å². The summed E-state index contributed by atoms with van der Waals surface area (Å²) in [5, 5.41) is -0.312. The van der Waals surface area contributed by atoms with E-state index in [0.717, 1.165) is 0 Å². The van der Waals surface area contributed by atoms with E-state index in [1.807, 2.05) is 47.0 Å². The lowest BCUT2D eigenvalue weighted by Crippen LogP contribution is -2.53. The lowest BCUT2D eigenvalue weighted by atomic mass is 10.1. The molecule has 0 aromatic rings. The maximum Gasteiger partial charge on any atom is 0.380 e. The molecule has 0 N–H and O–H groups in total. The fourth-order valence-electron chi connectivity index (χ4n) is 1.90. The van der Waals surface area contributed by atoms with Crippen LogP contribution >= 0.6 is 0 Å². The van der Waals surface area contributed by atoms with Gasteiger partial charge in [-0.2, -0.15) is 8.78 Å². The van der Waals surface area contributed by atoms with Gasteiger partial charge in [0.05, 0.1) is 6.61 Å². The highest BCUT2D eigenvalue weighted by Gasteiger charge is 2.63. The van der Waals surface area contributed by atoms with E-state index in [9.17, 15) is 13.6 Å². The number of rotatable bonds is 5. The Bertz CT molecular complexity index is 508. The minimum atomic E-state index is -3.64. The Balaban J connectivity index is 3.00. The van der Waals surface area contributed by atoms with Crippen LogP contribution in [0.25, 0.3) is 0 Å². The van der Waals surface area contributed by atoms with Crippen LogP contribution in [0.2, 0.25) is 36.3 Å². The number of carbonyl (C=O) groups is 1. The summed E-state index contributed by atoms with van der Waals surface area (Å²) in [5.41, 5.74) is 0. The van der Waals surface area contributed by atoms with Gasteiger partial charge in [0.1, 0.15) is 0 Å². The Morgan fingerprint density at radius 3 is 1.84 bits per heavy atom. The predicted octanol–water partition coefficient (Wildman–Crippen LogP) is 4.96. The summed E-state index contributed by atoms with van der Waals surface area (Å²) in [5.74, 6) is -5.16. The molecule has 0 amide bonds. The van der Waals surface area contributed by atoms with Crippen LogP contribution in [0.15, 0.2) is 0 Å². The van der Waals surface area contributed by atoms with Crippen molar-refractivity contribution < 1.29 is 27.2 Å². The smallest absolute Gasteiger partial charge is 0.380 e. The molecule has 148 valence electrons. The molecule has 1 heterocycles. The number of hydrogen-bond donors (Lipinski definition) is 0. The van der Waals surface area contributed by atoms with Gasteiger partial charge in [0, 0.05) is 0 Å². The zero-order valence-corrected chi connectivity index (χ0v) is 19.3. The topological polar surface area (TPSA) is 44.8 Å². The monoisotopic (exact) mass is 396 g/mol. The van der Waals surface area contributed by atoms with Gasteiger partial charge in [-0.3, -0.25) is 0 Å². The molecule has 1 aliphatic rings. The Hall–Kier alpha value is -0.316. The van der Waals surface area contributed by atoms with Crippen molar-refractivity contribution in [2.24, 2.45) is 0 Å². The molecule has 0 saturated carbocycles. The van der Waals surface area contributed by atoms with Gasteiger partial charge in [0.25, 0.3) is 0 Å². The molecule has 25 heavy (non-hydrogen) atoms. The predicted molar refractivity (Wildman–Crippen MR) is 100 cm³/mol. The lowest BCUT2D eigenvalue weighted by Gasteiger charge is -2.40. The summed E-state index contributed by atoms with van der Waals surface area (Å²) in [6, 6.07) is 0. The first kappa shape index (κ1) is 22.7. The van der Waals surface area contributed by atoms with Crippen molar-refractivity contribution in [3.63, 3.8) is 0 Å². The number of esters is 1. The summed E-state index contributed by atoms with van der Waals surface area (Å²) >= 11 is 0. The van der Waals surface area contributed by atoms with Crippen LogP contribution in [0.3, 0.4) is 0 Å². The van der Waals surface area contributed by atoms with E-state index in [0.29, 0.717) is 0 Å². The van der Waals surface area contributed by atoms with Crippen LogP contribution in [0.4, 0.5) is 8.78 Å². The maximum absolute atomic E-state index is 14.4. The average molecular weight is 397 g/mol. The van der Waals surface area contributed by atoms with E-state index < -0.39 is 40.7 Å². The number of carbonyl (C=O) groups excluding carboxylic acids is 1. The first-order chi connectivity index (χ1) is 10.8. The number of ether oxygens (including phenoxy) is 1. The van der Waals surface area contributed by atoms with Crippen molar-refractivity contribution in [1.29, 1.82) is 0 Å². The number of hydrogen-bond acceptors (Lipinski definition) is 4. The summed E-state index contributed by atoms with van der Waals surface area (Å²) in [6.07, 6.45) is -2.67. The van der Waals surface area contributed by atoms with Crippen molar-refractivity contribution in [2.75, 3.05) is 6.61 Å². The Kier molecular flexibility index (Phi) is 6.08. The van der Waals surface area contributed by atoms with Gasteiger partial charge in [-0.15, -0.1) is 0 Å². The van der Waals surface area contributed by atoms with Crippen molar-refractivity contribution in [1.82, 2.24) is 0 Å². The summed E-state index contributed by atoms with van der Waals surface area (Å²) in [7, 11) is -4.64. The second-order valence-electron chi connectivity index (χ2n) is 9.94. The van der Waals surface area contributed by atoms with Gasteiger partial charge in [-0.05, 0) is 36.3 Å². The third-order valence-electron chi connectivity index (χ3n) is 5.87. The Morgan fingerprint density at radius 2 is 1.44 bits per heavy atom. The van der Waals surface area contributed by atoms with Crippen LogP contribution in [-0.4, -0.2) is 47.3 Å². The lowest BCUT2D eigenvalue weighted by molar-refractivity contribution is -0.162. The number of alkyl halides is 2. The molecule has 1 aliphatic heterocycles. The molecule has 0 aromatic carbocycles.